The van der Waals surface area contributed by atoms with Gasteiger partial charge in [-0.3, -0.25) is 5.43 Å². The van der Waals surface area contributed by atoms with Gasteiger partial charge in [0.15, 0.2) is 5.82 Å². The van der Waals surface area contributed by atoms with Crippen LogP contribution in [0.3, 0.4) is 0 Å². The van der Waals surface area contributed by atoms with E-state index in [1.165, 1.54) is 6.21 Å². The predicted molar refractivity (Wildman–Crippen MR) is 104 cm³/mol. The first-order valence-electron chi connectivity index (χ1n) is 8.44. The molecule has 0 bridgehead atoms. The van der Waals surface area contributed by atoms with E-state index in [1.807, 2.05) is 25.1 Å². The molecule has 0 aliphatic rings. The Labute approximate surface area is 162 Å². The number of ether oxygens (including phenoxy) is 1. The largest absolute Gasteiger partial charge is 0.455 e. The molecular weight excluding hydrogens is 354 g/mol. The van der Waals surface area contributed by atoms with Crippen molar-refractivity contribution in [2.75, 3.05) is 12.5 Å². The summed E-state index contributed by atoms with van der Waals surface area (Å²) in [4.78, 5) is 4.32. The molecule has 7 heteroatoms. The van der Waals surface area contributed by atoms with Crippen LogP contribution in [0.25, 0.3) is 11.3 Å². The first kappa shape index (κ1) is 18.8. The standard InChI is InChI=1S/C21H17N5O2/c1-14-9-16(13-27-2)19(11-23)21(25-14)26-24-12-17-7-8-20(28-17)18-6-4-3-5-15(18)10-22/h3-9,12H,13H2,1-2H3,(H,25,26)/b24-12-. The molecular formula is C21H17N5O2. The highest BCUT2D eigenvalue weighted by molar-refractivity contribution is 5.79. The van der Waals surface area contributed by atoms with Crippen molar-refractivity contribution in [3.8, 4) is 23.5 Å². The van der Waals surface area contributed by atoms with E-state index < -0.39 is 0 Å². The van der Waals surface area contributed by atoms with E-state index in [-0.39, 0.29) is 0 Å². The molecule has 3 aromatic rings. The summed E-state index contributed by atoms with van der Waals surface area (Å²) >= 11 is 0. The number of nitrogens with one attached hydrogen (secondary N) is 1. The van der Waals surface area contributed by atoms with Gasteiger partial charge in [-0.25, -0.2) is 4.98 Å². The molecule has 3 rings (SSSR count). The van der Waals surface area contributed by atoms with Crippen molar-refractivity contribution in [2.45, 2.75) is 13.5 Å². The summed E-state index contributed by atoms with van der Waals surface area (Å²) in [5.74, 6) is 1.43. The Bertz CT molecular complexity index is 1100. The number of aryl methyl sites for hydroxylation is 1. The van der Waals surface area contributed by atoms with Crippen LogP contribution < -0.4 is 5.43 Å². The molecule has 0 fully saturated rings. The van der Waals surface area contributed by atoms with Gasteiger partial charge in [0.05, 0.1) is 24.5 Å². The van der Waals surface area contributed by atoms with Crippen LogP contribution in [0.5, 0.6) is 0 Å². The predicted octanol–water partition coefficient (Wildman–Crippen LogP) is 3.99. The number of hydrazone groups is 1. The Kier molecular flexibility index (Phi) is 5.81. The number of hydrogen-bond donors (Lipinski definition) is 1. The first-order valence-corrected chi connectivity index (χ1v) is 8.44. The molecule has 0 atom stereocenters. The van der Waals surface area contributed by atoms with Gasteiger partial charge in [-0.05, 0) is 37.3 Å². The molecule has 7 nitrogen and oxygen atoms in total. The van der Waals surface area contributed by atoms with Crippen LogP contribution in [0, 0.1) is 29.6 Å². The number of furan rings is 1. The number of benzene rings is 1. The Morgan fingerprint density at radius 3 is 2.79 bits per heavy atom. The zero-order valence-electron chi connectivity index (χ0n) is 15.4. The molecule has 138 valence electrons. The lowest BCUT2D eigenvalue weighted by Gasteiger charge is -2.08. The maximum Gasteiger partial charge on any atom is 0.164 e. The summed E-state index contributed by atoms with van der Waals surface area (Å²) in [6.07, 6.45) is 1.49. The molecule has 0 aliphatic carbocycles. The third-order valence-corrected chi connectivity index (χ3v) is 3.94. The Balaban J connectivity index is 1.81. The van der Waals surface area contributed by atoms with E-state index in [0.29, 0.717) is 40.6 Å². The van der Waals surface area contributed by atoms with E-state index in [0.717, 1.165) is 11.3 Å². The summed E-state index contributed by atoms with van der Waals surface area (Å²) < 4.78 is 10.9. The van der Waals surface area contributed by atoms with Gasteiger partial charge in [0.25, 0.3) is 0 Å². The number of methoxy groups -OCH3 is 1. The van der Waals surface area contributed by atoms with Crippen molar-refractivity contribution in [1.82, 2.24) is 4.98 Å². The van der Waals surface area contributed by atoms with Crippen molar-refractivity contribution < 1.29 is 9.15 Å². The molecule has 0 radical (unpaired) electrons. The number of pyridine rings is 1. The normalized spacial score (nSPS) is 10.6. The zero-order chi connectivity index (χ0) is 19.9. The van der Waals surface area contributed by atoms with Gasteiger partial charge in [0, 0.05) is 23.9 Å². The number of rotatable bonds is 6. The molecule has 0 amide bonds. The van der Waals surface area contributed by atoms with Gasteiger partial charge in [-0.2, -0.15) is 15.6 Å². The van der Waals surface area contributed by atoms with Crippen LogP contribution in [-0.2, 0) is 11.3 Å². The molecule has 2 heterocycles. The van der Waals surface area contributed by atoms with Crippen LogP contribution in [0.4, 0.5) is 5.82 Å². The maximum absolute atomic E-state index is 9.43. The molecule has 1 N–H and O–H groups in total. The first-order chi connectivity index (χ1) is 13.7. The van der Waals surface area contributed by atoms with Crippen LogP contribution >= 0.6 is 0 Å². The molecule has 0 saturated carbocycles. The van der Waals surface area contributed by atoms with E-state index in [9.17, 15) is 10.5 Å². The van der Waals surface area contributed by atoms with Crippen LogP contribution in [0.15, 0.2) is 52.0 Å². The molecule has 0 aliphatic heterocycles. The molecule has 0 unspecified atom stereocenters. The minimum Gasteiger partial charge on any atom is -0.455 e. The van der Waals surface area contributed by atoms with Gasteiger partial charge < -0.3 is 9.15 Å². The zero-order valence-corrected chi connectivity index (χ0v) is 15.4. The fraction of sp³-hybridized carbons (Fsp3) is 0.143. The molecule has 2 aromatic heterocycles. The summed E-state index contributed by atoms with van der Waals surface area (Å²) in [5.41, 5.74) is 5.91. The van der Waals surface area contributed by atoms with Crippen molar-refractivity contribution in [1.29, 1.82) is 10.5 Å². The Hall–Kier alpha value is -3.94. The van der Waals surface area contributed by atoms with Crippen molar-refractivity contribution >= 4 is 12.0 Å². The molecule has 28 heavy (non-hydrogen) atoms. The van der Waals surface area contributed by atoms with Crippen molar-refractivity contribution in [2.24, 2.45) is 5.10 Å². The number of hydrogen-bond acceptors (Lipinski definition) is 7. The minimum atomic E-state index is 0.310. The van der Waals surface area contributed by atoms with Gasteiger partial charge in [0.2, 0.25) is 0 Å². The lowest BCUT2D eigenvalue weighted by molar-refractivity contribution is 0.184. The second kappa shape index (κ2) is 8.63. The van der Waals surface area contributed by atoms with Gasteiger partial charge >= 0.3 is 0 Å². The third-order valence-electron chi connectivity index (χ3n) is 3.94. The van der Waals surface area contributed by atoms with E-state index in [2.05, 4.69) is 27.6 Å². The molecule has 1 aromatic carbocycles. The smallest absolute Gasteiger partial charge is 0.164 e. The monoisotopic (exact) mass is 371 g/mol. The van der Waals surface area contributed by atoms with Gasteiger partial charge in [0.1, 0.15) is 23.2 Å². The number of nitrogens with zero attached hydrogens (tertiary/aromatic N) is 4. The molecule has 0 spiro atoms. The second-order valence-electron chi connectivity index (χ2n) is 5.92. The number of aromatic nitrogens is 1. The highest BCUT2D eigenvalue weighted by Crippen LogP contribution is 2.25. The minimum absolute atomic E-state index is 0.310. The number of nitriles is 2. The van der Waals surface area contributed by atoms with Crippen LogP contribution in [-0.4, -0.2) is 18.3 Å². The van der Waals surface area contributed by atoms with Crippen molar-refractivity contribution in [3.63, 3.8) is 0 Å². The fourth-order valence-electron chi connectivity index (χ4n) is 2.74. The van der Waals surface area contributed by atoms with E-state index in [4.69, 9.17) is 9.15 Å². The Morgan fingerprint density at radius 1 is 1.21 bits per heavy atom. The highest BCUT2D eigenvalue weighted by Gasteiger charge is 2.11. The maximum atomic E-state index is 9.43. The van der Waals surface area contributed by atoms with E-state index in [1.54, 1.807) is 31.4 Å². The summed E-state index contributed by atoms with van der Waals surface area (Å²) in [6.45, 7) is 2.14. The second-order valence-corrected chi connectivity index (χ2v) is 5.92. The molecule has 0 saturated heterocycles. The summed E-state index contributed by atoms with van der Waals surface area (Å²) in [5, 5.41) is 22.8. The van der Waals surface area contributed by atoms with Crippen LogP contribution in [0.2, 0.25) is 0 Å². The lowest BCUT2D eigenvalue weighted by atomic mass is 10.1. The Morgan fingerprint density at radius 2 is 2.04 bits per heavy atom. The van der Waals surface area contributed by atoms with Crippen LogP contribution in [0.1, 0.15) is 28.1 Å². The number of anilines is 1. The highest BCUT2D eigenvalue weighted by atomic mass is 16.5. The van der Waals surface area contributed by atoms with Crippen molar-refractivity contribution in [3.05, 3.63) is 70.6 Å². The SMILES string of the molecule is COCc1cc(C)nc(N/N=C\c2ccc(-c3ccccc3C#N)o2)c1C#N. The average Bonchev–Trinajstić information content (AvgIpc) is 3.17. The third kappa shape index (κ3) is 4.07. The topological polar surface area (TPSA) is 107 Å². The summed E-state index contributed by atoms with van der Waals surface area (Å²) in [6, 6.07) is 16.8. The lowest BCUT2D eigenvalue weighted by Crippen LogP contribution is -2.03. The average molecular weight is 371 g/mol. The summed E-state index contributed by atoms with van der Waals surface area (Å²) in [7, 11) is 1.57. The quantitative estimate of drug-likeness (QED) is 0.519. The van der Waals surface area contributed by atoms with Gasteiger partial charge in [-0.15, -0.1) is 0 Å². The fourth-order valence-corrected chi connectivity index (χ4v) is 2.74. The van der Waals surface area contributed by atoms with E-state index >= 15 is 0 Å². The van der Waals surface area contributed by atoms with Gasteiger partial charge in [-0.1, -0.05) is 12.1 Å².